The smallest absolute Gasteiger partial charge is 0.416 e. The Morgan fingerprint density at radius 3 is 2.55 bits per heavy atom. The van der Waals surface area contributed by atoms with Gasteiger partial charge in [-0.05, 0) is 18.2 Å². The molecule has 0 saturated carbocycles. The number of ether oxygens (including phenoxy) is 2. The van der Waals surface area contributed by atoms with Crippen LogP contribution in [0.15, 0.2) is 46.0 Å². The quantitative estimate of drug-likeness (QED) is 0.390. The minimum Gasteiger partial charge on any atom is -0.507 e. The second kappa shape index (κ2) is 7.55. The van der Waals surface area contributed by atoms with E-state index in [1.165, 1.54) is 13.2 Å². The van der Waals surface area contributed by atoms with E-state index >= 15 is 0 Å². The highest BCUT2D eigenvalue weighted by Gasteiger charge is 2.30. The van der Waals surface area contributed by atoms with Crippen molar-refractivity contribution in [2.75, 3.05) is 20.8 Å². The van der Waals surface area contributed by atoms with Crippen LogP contribution in [-0.4, -0.2) is 31.9 Å². The Balaban J connectivity index is 3.11. The van der Waals surface area contributed by atoms with E-state index in [4.69, 9.17) is 0 Å². The van der Waals surface area contributed by atoms with Crippen LogP contribution >= 0.6 is 0 Å². The highest BCUT2D eigenvalue weighted by atomic mass is 19.4. The number of aliphatic hydroxyl groups excluding tert-OH is 1. The van der Waals surface area contributed by atoms with Crippen LogP contribution in [0.3, 0.4) is 0 Å². The number of alkyl halides is 3. The SMILES string of the molecule is COC/C(O)=C(\N=Nc1cccc(C(F)(F)F)c1)C(=O)OC. The van der Waals surface area contributed by atoms with E-state index in [1.54, 1.807) is 0 Å². The predicted octanol–water partition coefficient (Wildman–Crippen LogP) is 3.38. The van der Waals surface area contributed by atoms with Gasteiger partial charge in [-0.1, -0.05) is 6.07 Å². The average Bonchev–Trinajstić information content (AvgIpc) is 2.47. The summed E-state index contributed by atoms with van der Waals surface area (Å²) < 4.78 is 46.7. The number of hydrogen-bond acceptors (Lipinski definition) is 6. The molecule has 0 aliphatic heterocycles. The monoisotopic (exact) mass is 318 g/mol. The molecule has 0 aromatic heterocycles. The summed E-state index contributed by atoms with van der Waals surface area (Å²) in [6.07, 6.45) is -4.52. The van der Waals surface area contributed by atoms with Gasteiger partial charge in [0.25, 0.3) is 0 Å². The van der Waals surface area contributed by atoms with Gasteiger partial charge < -0.3 is 14.6 Å². The number of esters is 1. The van der Waals surface area contributed by atoms with Gasteiger partial charge in [0.1, 0.15) is 6.61 Å². The number of halogens is 3. The zero-order valence-electron chi connectivity index (χ0n) is 11.7. The molecule has 0 fully saturated rings. The molecule has 6 nitrogen and oxygen atoms in total. The van der Waals surface area contributed by atoms with Crippen LogP contribution in [0.2, 0.25) is 0 Å². The van der Waals surface area contributed by atoms with Crippen LogP contribution in [0.25, 0.3) is 0 Å². The van der Waals surface area contributed by atoms with E-state index in [-0.39, 0.29) is 12.3 Å². The Hall–Kier alpha value is -2.42. The number of azo groups is 1. The summed E-state index contributed by atoms with van der Waals surface area (Å²) in [6.45, 7) is -0.327. The number of rotatable bonds is 5. The fourth-order valence-electron chi connectivity index (χ4n) is 1.37. The van der Waals surface area contributed by atoms with Gasteiger partial charge in [0.15, 0.2) is 5.76 Å². The minimum atomic E-state index is -4.52. The van der Waals surface area contributed by atoms with Crippen molar-refractivity contribution in [2.45, 2.75) is 6.18 Å². The summed E-state index contributed by atoms with van der Waals surface area (Å²) in [5, 5.41) is 16.5. The van der Waals surface area contributed by atoms with Gasteiger partial charge in [0, 0.05) is 7.11 Å². The Morgan fingerprint density at radius 1 is 1.32 bits per heavy atom. The Morgan fingerprint density at radius 2 is 2.00 bits per heavy atom. The fourth-order valence-corrected chi connectivity index (χ4v) is 1.37. The van der Waals surface area contributed by atoms with Gasteiger partial charge in [0.05, 0.1) is 18.4 Å². The van der Waals surface area contributed by atoms with Crippen molar-refractivity contribution in [2.24, 2.45) is 10.2 Å². The van der Waals surface area contributed by atoms with E-state index in [1.807, 2.05) is 0 Å². The lowest BCUT2D eigenvalue weighted by atomic mass is 10.2. The predicted molar refractivity (Wildman–Crippen MR) is 69.5 cm³/mol. The number of hydrogen-bond donors (Lipinski definition) is 1. The van der Waals surface area contributed by atoms with E-state index in [9.17, 15) is 23.1 Å². The van der Waals surface area contributed by atoms with E-state index < -0.39 is 29.2 Å². The maximum atomic E-state index is 12.6. The molecule has 9 heteroatoms. The summed E-state index contributed by atoms with van der Waals surface area (Å²) >= 11 is 0. The molecule has 0 saturated heterocycles. The first-order chi connectivity index (χ1) is 10.3. The first-order valence-corrected chi connectivity index (χ1v) is 5.88. The van der Waals surface area contributed by atoms with Crippen molar-refractivity contribution >= 4 is 11.7 Å². The molecule has 120 valence electrons. The van der Waals surface area contributed by atoms with Crippen molar-refractivity contribution in [1.29, 1.82) is 0 Å². The number of carbonyl (C=O) groups is 1. The molecule has 0 atom stereocenters. The second-order valence-electron chi connectivity index (χ2n) is 3.97. The molecule has 1 N–H and O–H groups in total. The van der Waals surface area contributed by atoms with Crippen molar-refractivity contribution in [3.8, 4) is 0 Å². The van der Waals surface area contributed by atoms with Crippen LogP contribution < -0.4 is 0 Å². The van der Waals surface area contributed by atoms with Crippen molar-refractivity contribution in [3.05, 3.63) is 41.3 Å². The topological polar surface area (TPSA) is 80.5 Å². The summed E-state index contributed by atoms with van der Waals surface area (Å²) in [5.41, 5.74) is -1.60. The highest BCUT2D eigenvalue weighted by Crippen LogP contribution is 2.31. The van der Waals surface area contributed by atoms with Crippen LogP contribution in [0.5, 0.6) is 0 Å². The van der Waals surface area contributed by atoms with E-state index in [0.717, 1.165) is 25.3 Å². The first kappa shape index (κ1) is 17.6. The molecule has 1 rings (SSSR count). The van der Waals surface area contributed by atoms with Crippen LogP contribution in [0.4, 0.5) is 18.9 Å². The third kappa shape index (κ3) is 4.85. The molecule has 1 aromatic carbocycles. The van der Waals surface area contributed by atoms with Crippen molar-refractivity contribution < 1.29 is 32.5 Å². The summed E-state index contributed by atoms with van der Waals surface area (Å²) in [7, 11) is 2.33. The number of aliphatic hydroxyl groups is 1. The Labute approximate surface area is 123 Å². The van der Waals surface area contributed by atoms with E-state index in [2.05, 4.69) is 19.7 Å². The van der Waals surface area contributed by atoms with Crippen molar-refractivity contribution in [3.63, 3.8) is 0 Å². The zero-order chi connectivity index (χ0) is 16.8. The second-order valence-corrected chi connectivity index (χ2v) is 3.97. The molecular weight excluding hydrogens is 305 g/mol. The van der Waals surface area contributed by atoms with Gasteiger partial charge in [-0.2, -0.15) is 18.3 Å². The molecular formula is C13H13F3N2O4. The molecule has 0 aliphatic rings. The minimum absolute atomic E-state index is 0.138. The van der Waals surface area contributed by atoms with Crippen molar-refractivity contribution in [1.82, 2.24) is 0 Å². The van der Waals surface area contributed by atoms with E-state index in [0.29, 0.717) is 0 Å². The summed E-state index contributed by atoms with van der Waals surface area (Å²) in [6, 6.07) is 4.04. The Bertz CT molecular complexity index is 597. The molecule has 1 aromatic rings. The van der Waals surface area contributed by atoms with Gasteiger partial charge in [-0.3, -0.25) is 0 Å². The molecule has 0 heterocycles. The standard InChI is InChI=1S/C13H13F3N2O4/c1-21-7-10(19)11(12(20)22-2)18-17-9-5-3-4-8(6-9)13(14,15)16/h3-6,19H,7H2,1-2H3/b11-10+,18-17?. The summed E-state index contributed by atoms with van der Waals surface area (Å²) in [4.78, 5) is 11.4. The number of benzene rings is 1. The summed E-state index contributed by atoms with van der Waals surface area (Å²) in [5.74, 6) is -1.55. The van der Waals surface area contributed by atoms with Crippen LogP contribution in [-0.2, 0) is 20.4 Å². The average molecular weight is 318 g/mol. The lowest BCUT2D eigenvalue weighted by molar-refractivity contribution is -0.138. The Kier molecular flexibility index (Phi) is 6.05. The maximum Gasteiger partial charge on any atom is 0.416 e. The largest absolute Gasteiger partial charge is 0.507 e. The maximum absolute atomic E-state index is 12.6. The van der Waals surface area contributed by atoms with Gasteiger partial charge >= 0.3 is 12.1 Å². The van der Waals surface area contributed by atoms with Gasteiger partial charge in [-0.25, -0.2) is 4.79 Å². The first-order valence-electron chi connectivity index (χ1n) is 5.88. The van der Waals surface area contributed by atoms with Crippen LogP contribution in [0, 0.1) is 0 Å². The molecule has 0 aliphatic carbocycles. The third-order valence-electron chi connectivity index (χ3n) is 2.37. The van der Waals surface area contributed by atoms with Gasteiger partial charge in [0.2, 0.25) is 5.70 Å². The molecule has 0 spiro atoms. The lowest BCUT2D eigenvalue weighted by Gasteiger charge is -2.06. The zero-order valence-corrected chi connectivity index (χ0v) is 11.7. The molecule has 0 radical (unpaired) electrons. The number of carbonyl (C=O) groups excluding carboxylic acids is 1. The molecule has 0 unspecified atom stereocenters. The molecule has 22 heavy (non-hydrogen) atoms. The highest BCUT2D eigenvalue weighted by molar-refractivity contribution is 5.88. The normalized spacial score (nSPS) is 13.1. The molecule has 0 bridgehead atoms. The fraction of sp³-hybridized carbons (Fsp3) is 0.308. The number of methoxy groups -OCH3 is 2. The number of nitrogens with zero attached hydrogens (tertiary/aromatic N) is 2. The van der Waals surface area contributed by atoms with Crippen LogP contribution in [0.1, 0.15) is 5.56 Å². The lowest BCUT2D eigenvalue weighted by Crippen LogP contribution is -2.08. The van der Waals surface area contributed by atoms with Gasteiger partial charge in [-0.15, -0.1) is 5.11 Å². The third-order valence-corrected chi connectivity index (χ3v) is 2.37. The molecule has 0 amide bonds.